The van der Waals surface area contributed by atoms with Crippen LogP contribution in [0, 0.1) is 11.7 Å². The summed E-state index contributed by atoms with van der Waals surface area (Å²) in [5.74, 6) is -4.18. The first-order chi connectivity index (χ1) is 22.8. The number of alkyl halides is 3. The van der Waals surface area contributed by atoms with E-state index in [-0.39, 0.29) is 37.8 Å². The van der Waals surface area contributed by atoms with E-state index in [1.165, 1.54) is 29.2 Å². The molecule has 4 rings (SSSR count). The van der Waals surface area contributed by atoms with Gasteiger partial charge < -0.3 is 30.4 Å². The normalized spacial score (nSPS) is 15.9. The zero-order valence-electron chi connectivity index (χ0n) is 26.6. The molecule has 3 N–H and O–H groups in total. The van der Waals surface area contributed by atoms with Gasteiger partial charge in [0, 0.05) is 24.8 Å². The van der Waals surface area contributed by atoms with Crippen molar-refractivity contribution in [2.24, 2.45) is 5.92 Å². The molecule has 0 aromatic heterocycles. The highest BCUT2D eigenvalue weighted by atomic mass is 19.4. The molecule has 0 radical (unpaired) electrons. The molecule has 9 nitrogen and oxygen atoms in total. The van der Waals surface area contributed by atoms with E-state index in [4.69, 9.17) is 0 Å². The molecule has 2 amide bonds. The van der Waals surface area contributed by atoms with E-state index >= 15 is 4.39 Å². The highest BCUT2D eigenvalue weighted by molar-refractivity contribution is 6.05. The third-order valence-corrected chi connectivity index (χ3v) is 7.68. The van der Waals surface area contributed by atoms with E-state index in [1.54, 1.807) is 36.4 Å². The summed E-state index contributed by atoms with van der Waals surface area (Å²) in [5, 5.41) is 8.69. The van der Waals surface area contributed by atoms with Gasteiger partial charge in [0.15, 0.2) is 11.6 Å². The highest BCUT2D eigenvalue weighted by Crippen LogP contribution is 2.31. The first kappa shape index (κ1) is 36.1. The molecular weight excluding hydrogens is 632 g/mol. The number of ketones is 1. The highest BCUT2D eigenvalue weighted by Gasteiger charge is 2.33. The maximum atomic E-state index is 16.2. The minimum atomic E-state index is -4.85. The first-order valence-electron chi connectivity index (χ1n) is 15.6. The Balaban J connectivity index is 1.58. The summed E-state index contributed by atoms with van der Waals surface area (Å²) in [4.78, 5) is 53.2. The number of amides is 2. The molecule has 256 valence electrons. The second kappa shape index (κ2) is 16.4. The number of nitrogens with zero attached hydrogens (tertiary/aromatic N) is 1. The lowest BCUT2D eigenvalue weighted by Crippen LogP contribution is -2.46. The Hall–Kier alpha value is -4.78. The van der Waals surface area contributed by atoms with Crippen molar-refractivity contribution in [3.63, 3.8) is 0 Å². The predicted octanol–water partition coefficient (Wildman–Crippen LogP) is 5.58. The quantitative estimate of drug-likeness (QED) is 0.117. The molecule has 1 fully saturated rings. The zero-order chi connectivity index (χ0) is 34.8. The van der Waals surface area contributed by atoms with Crippen molar-refractivity contribution >= 4 is 35.3 Å². The maximum Gasteiger partial charge on any atom is 0.573 e. The van der Waals surface area contributed by atoms with Crippen LogP contribution in [0.1, 0.15) is 54.6 Å². The molecule has 0 bridgehead atoms. The van der Waals surface area contributed by atoms with E-state index < -0.39 is 53.0 Å². The number of hydrogen-bond donors (Lipinski definition) is 3. The van der Waals surface area contributed by atoms with Crippen molar-refractivity contribution in [3.05, 3.63) is 89.2 Å². The van der Waals surface area contributed by atoms with Crippen LogP contribution in [0.4, 0.5) is 28.9 Å². The van der Waals surface area contributed by atoms with Crippen molar-refractivity contribution in [1.82, 2.24) is 10.6 Å². The lowest BCUT2D eigenvalue weighted by Gasteiger charge is -2.26. The van der Waals surface area contributed by atoms with Crippen LogP contribution in [0.2, 0.25) is 0 Å². The van der Waals surface area contributed by atoms with Crippen molar-refractivity contribution in [2.45, 2.75) is 64.5 Å². The molecule has 48 heavy (non-hydrogen) atoms. The van der Waals surface area contributed by atoms with E-state index in [0.717, 1.165) is 11.6 Å². The van der Waals surface area contributed by atoms with Gasteiger partial charge in [0.2, 0.25) is 5.91 Å². The number of anilines is 2. The second-order valence-electron chi connectivity index (χ2n) is 11.9. The minimum Gasteiger partial charge on any atom is -0.406 e. The second-order valence-corrected chi connectivity index (χ2v) is 11.9. The minimum absolute atomic E-state index is 0.0271. The lowest BCUT2D eigenvalue weighted by atomic mass is 10.0. The summed E-state index contributed by atoms with van der Waals surface area (Å²) in [6.45, 7) is 3.63. The van der Waals surface area contributed by atoms with Gasteiger partial charge >= 0.3 is 6.36 Å². The molecule has 2 atom stereocenters. The van der Waals surface area contributed by atoms with Gasteiger partial charge in [0.05, 0.1) is 29.8 Å². The van der Waals surface area contributed by atoms with Crippen molar-refractivity contribution in [3.8, 4) is 5.75 Å². The van der Waals surface area contributed by atoms with Crippen molar-refractivity contribution < 1.29 is 41.5 Å². The molecule has 1 unspecified atom stereocenters. The lowest BCUT2D eigenvalue weighted by molar-refractivity contribution is -0.274. The van der Waals surface area contributed by atoms with Crippen LogP contribution < -0.4 is 25.6 Å². The monoisotopic (exact) mass is 670 g/mol. The summed E-state index contributed by atoms with van der Waals surface area (Å²) in [5.41, 5.74) is 0.983. The fourth-order valence-corrected chi connectivity index (χ4v) is 5.46. The van der Waals surface area contributed by atoms with E-state index in [1.807, 2.05) is 13.8 Å². The number of carbonyl (C=O) groups is 4. The fourth-order valence-electron chi connectivity index (χ4n) is 5.46. The van der Waals surface area contributed by atoms with Gasteiger partial charge in [-0.15, -0.1) is 13.2 Å². The van der Waals surface area contributed by atoms with Gasteiger partial charge in [-0.25, -0.2) is 4.39 Å². The largest absolute Gasteiger partial charge is 0.573 e. The third kappa shape index (κ3) is 10.1. The van der Waals surface area contributed by atoms with E-state index in [9.17, 15) is 32.3 Å². The van der Waals surface area contributed by atoms with Crippen LogP contribution >= 0.6 is 0 Å². The third-order valence-electron chi connectivity index (χ3n) is 7.68. The number of Topliss-reactive ketones (excluding diaryl/α,β-unsaturated/α-hetero) is 1. The summed E-state index contributed by atoms with van der Waals surface area (Å²) >= 11 is 0. The van der Waals surface area contributed by atoms with Crippen molar-refractivity contribution in [2.75, 3.05) is 23.3 Å². The Bertz CT molecular complexity index is 1600. The smallest absolute Gasteiger partial charge is 0.406 e. The molecule has 0 aliphatic carbocycles. The summed E-state index contributed by atoms with van der Waals surface area (Å²) in [6, 6.07) is 15.7. The summed E-state index contributed by atoms with van der Waals surface area (Å²) in [6.07, 6.45) is -2.72. The summed E-state index contributed by atoms with van der Waals surface area (Å²) in [7, 11) is 0. The molecule has 0 saturated carbocycles. The van der Waals surface area contributed by atoms with Crippen LogP contribution in [0.3, 0.4) is 0 Å². The standard InChI is InChI=1S/C35H38F4N4O5/c1-22(2)41-26-17-28(32(36)30(18-26)43-14-7-6-12-25(21-44)34(43)47)33(46)42-29(16-23-9-4-3-5-10-23)31(45)20-40-19-24-11-8-13-27(15-24)48-35(37,38)39/h3-5,8-11,13,15,17-18,21-22,25,29,40-41H,6-7,12,14,16,19-20H2,1-2H3,(H,42,46)/t25?,29-/m0/s1. The first-order valence-corrected chi connectivity index (χ1v) is 15.6. The molecule has 1 aliphatic rings. The van der Waals surface area contributed by atoms with E-state index in [2.05, 4.69) is 20.7 Å². The van der Waals surface area contributed by atoms with Crippen molar-refractivity contribution in [1.29, 1.82) is 0 Å². The molecular formula is C35H38F4N4O5. The average Bonchev–Trinajstić information content (AvgIpc) is 3.21. The van der Waals surface area contributed by atoms with Gasteiger partial charge in [-0.3, -0.25) is 14.4 Å². The van der Waals surface area contributed by atoms with Crippen LogP contribution in [0.25, 0.3) is 0 Å². The predicted molar refractivity (Wildman–Crippen MR) is 172 cm³/mol. The molecule has 1 saturated heterocycles. The summed E-state index contributed by atoms with van der Waals surface area (Å²) < 4.78 is 58.1. The molecule has 1 heterocycles. The number of nitrogens with one attached hydrogen (secondary N) is 3. The Morgan fingerprint density at radius 3 is 2.44 bits per heavy atom. The SMILES string of the molecule is CC(C)Nc1cc(C(=O)N[C@@H](Cc2ccccc2)C(=O)CNCc2cccc(OC(F)(F)F)c2)c(F)c(N2CCCCC(C=O)C2=O)c1. The average molecular weight is 671 g/mol. The van der Waals surface area contributed by atoms with Gasteiger partial charge in [0.1, 0.15) is 12.0 Å². The molecule has 13 heteroatoms. The molecule has 3 aromatic rings. The Labute approximate surface area is 276 Å². The van der Waals surface area contributed by atoms with Gasteiger partial charge in [-0.05, 0) is 68.5 Å². The van der Waals surface area contributed by atoms with Gasteiger partial charge in [-0.2, -0.15) is 0 Å². The van der Waals surface area contributed by atoms with Crippen LogP contribution in [0.15, 0.2) is 66.7 Å². The number of aldehydes is 1. The van der Waals surface area contributed by atoms with Gasteiger partial charge in [0.25, 0.3) is 5.91 Å². The zero-order valence-corrected chi connectivity index (χ0v) is 26.6. The maximum absolute atomic E-state index is 16.2. The Kier molecular flexibility index (Phi) is 12.3. The van der Waals surface area contributed by atoms with Crippen LogP contribution in [0.5, 0.6) is 5.75 Å². The van der Waals surface area contributed by atoms with E-state index in [0.29, 0.717) is 36.8 Å². The number of rotatable bonds is 14. The number of ether oxygens (including phenoxy) is 1. The van der Waals surface area contributed by atoms with Gasteiger partial charge in [-0.1, -0.05) is 48.9 Å². The van der Waals surface area contributed by atoms with Crippen LogP contribution in [-0.4, -0.2) is 55.4 Å². The number of hydrogen-bond acceptors (Lipinski definition) is 7. The molecule has 3 aromatic carbocycles. The number of carbonyl (C=O) groups excluding carboxylic acids is 4. The molecule has 0 spiro atoms. The molecule has 1 aliphatic heterocycles. The number of halogens is 4. The topological polar surface area (TPSA) is 117 Å². The Morgan fingerprint density at radius 1 is 1.02 bits per heavy atom. The fraction of sp³-hybridized carbons (Fsp3) is 0.371. The Morgan fingerprint density at radius 2 is 1.75 bits per heavy atom. The van der Waals surface area contributed by atoms with Crippen LogP contribution in [-0.2, 0) is 27.3 Å². The number of benzene rings is 3.